The molecule has 2 aromatic carbocycles. The van der Waals surface area contributed by atoms with Crippen LogP contribution in [0.25, 0.3) is 11.1 Å². The monoisotopic (exact) mass is 417 g/mol. The van der Waals surface area contributed by atoms with Crippen LogP contribution in [0, 0.1) is 23.2 Å². The molecule has 0 radical (unpaired) electrons. The van der Waals surface area contributed by atoms with Gasteiger partial charge in [-0.2, -0.15) is 0 Å². The molecule has 0 spiro atoms. The average molecular weight is 418 g/mol. The van der Waals surface area contributed by atoms with Crippen molar-refractivity contribution in [3.63, 3.8) is 0 Å². The predicted octanol–water partition coefficient (Wildman–Crippen LogP) is 5.10. The third-order valence-electron chi connectivity index (χ3n) is 8.64. The van der Waals surface area contributed by atoms with E-state index in [9.17, 15) is 9.90 Å². The van der Waals surface area contributed by atoms with Gasteiger partial charge in [-0.15, -0.1) is 0 Å². The second-order valence-corrected chi connectivity index (χ2v) is 10.5. The molecule has 4 bridgehead atoms. The van der Waals surface area contributed by atoms with E-state index in [2.05, 4.69) is 41.7 Å². The summed E-state index contributed by atoms with van der Waals surface area (Å²) in [7, 11) is 0. The Kier molecular flexibility index (Phi) is 4.60. The minimum Gasteiger partial charge on any atom is -0.449 e. The molecular weight excluding hydrogens is 386 g/mol. The molecule has 4 nitrogen and oxygen atoms in total. The van der Waals surface area contributed by atoms with Gasteiger partial charge in [-0.25, -0.2) is 4.79 Å². The van der Waals surface area contributed by atoms with Crippen molar-refractivity contribution < 1.29 is 14.6 Å². The summed E-state index contributed by atoms with van der Waals surface area (Å²) < 4.78 is 5.77. The van der Waals surface area contributed by atoms with Gasteiger partial charge < -0.3 is 15.2 Å². The zero-order valence-corrected chi connectivity index (χ0v) is 17.9. The highest BCUT2D eigenvalue weighted by atomic mass is 16.5. The van der Waals surface area contributed by atoms with Gasteiger partial charge >= 0.3 is 6.09 Å². The lowest BCUT2D eigenvalue weighted by Crippen LogP contribution is -2.58. The molecule has 2 aromatic rings. The van der Waals surface area contributed by atoms with Gasteiger partial charge in [0, 0.05) is 5.92 Å². The highest BCUT2D eigenvalue weighted by Crippen LogP contribution is 2.61. The highest BCUT2D eigenvalue weighted by molar-refractivity contribution is 5.79. The normalized spacial score (nSPS) is 31.2. The molecule has 1 amide bonds. The quantitative estimate of drug-likeness (QED) is 0.711. The Morgan fingerprint density at radius 3 is 1.97 bits per heavy atom. The van der Waals surface area contributed by atoms with Crippen LogP contribution < -0.4 is 5.32 Å². The Balaban J connectivity index is 1.16. The van der Waals surface area contributed by atoms with Crippen molar-refractivity contribution in [3.8, 4) is 11.1 Å². The van der Waals surface area contributed by atoms with Crippen LogP contribution in [0.4, 0.5) is 4.79 Å². The molecule has 31 heavy (non-hydrogen) atoms. The van der Waals surface area contributed by atoms with E-state index in [1.807, 2.05) is 12.1 Å². The van der Waals surface area contributed by atoms with E-state index < -0.39 is 6.09 Å². The van der Waals surface area contributed by atoms with Crippen molar-refractivity contribution >= 4 is 6.09 Å². The summed E-state index contributed by atoms with van der Waals surface area (Å²) in [6.07, 6.45) is 7.10. The third kappa shape index (κ3) is 3.18. The predicted molar refractivity (Wildman–Crippen MR) is 120 cm³/mol. The Bertz CT molecular complexity index is 919. The Morgan fingerprint density at radius 2 is 1.45 bits per heavy atom. The molecule has 1 unspecified atom stereocenters. The fourth-order valence-electron chi connectivity index (χ4n) is 7.78. The van der Waals surface area contributed by atoms with Crippen molar-refractivity contribution in [1.29, 1.82) is 0 Å². The zero-order valence-electron chi connectivity index (χ0n) is 17.9. The highest BCUT2D eigenvalue weighted by Gasteiger charge is 2.54. The lowest BCUT2D eigenvalue weighted by atomic mass is 9.48. The number of alkyl carbamates (subject to hydrolysis) is 1. The first kappa shape index (κ1) is 19.4. The van der Waals surface area contributed by atoms with Crippen LogP contribution in [0.15, 0.2) is 48.5 Å². The Morgan fingerprint density at radius 1 is 0.935 bits per heavy atom. The largest absolute Gasteiger partial charge is 0.449 e. The summed E-state index contributed by atoms with van der Waals surface area (Å²) in [4.78, 5) is 12.8. The SMILES string of the molecule is O=C(NC(CO)C12CC3CC(CC(C3)C1)C2)OCC1c2ccccc2-c2ccccc21. The summed E-state index contributed by atoms with van der Waals surface area (Å²) in [5.74, 6) is 2.41. The third-order valence-corrected chi connectivity index (χ3v) is 8.64. The van der Waals surface area contributed by atoms with Crippen LogP contribution in [0.2, 0.25) is 0 Å². The number of ether oxygens (including phenoxy) is 1. The number of benzene rings is 2. The van der Waals surface area contributed by atoms with Gasteiger partial charge in [0.05, 0.1) is 12.6 Å². The number of carbonyl (C=O) groups excluding carboxylic acids is 1. The fraction of sp³-hybridized carbons (Fsp3) is 0.519. The van der Waals surface area contributed by atoms with Crippen molar-refractivity contribution in [2.75, 3.05) is 13.2 Å². The van der Waals surface area contributed by atoms with E-state index in [1.54, 1.807) is 0 Å². The number of aliphatic hydroxyl groups excluding tert-OH is 1. The van der Waals surface area contributed by atoms with Gasteiger partial charge in [-0.3, -0.25) is 0 Å². The first-order valence-corrected chi connectivity index (χ1v) is 11.9. The number of amides is 1. The number of hydrogen-bond donors (Lipinski definition) is 2. The van der Waals surface area contributed by atoms with Crippen LogP contribution in [0.1, 0.15) is 55.6 Å². The van der Waals surface area contributed by atoms with E-state index in [0.717, 1.165) is 37.0 Å². The minimum atomic E-state index is -0.392. The summed E-state index contributed by atoms with van der Waals surface area (Å²) in [6.45, 7) is 0.315. The van der Waals surface area contributed by atoms with Gasteiger partial charge in [-0.05, 0) is 83.9 Å². The molecule has 0 aromatic heterocycles. The molecule has 162 valence electrons. The summed E-state index contributed by atoms with van der Waals surface area (Å²) >= 11 is 0. The van der Waals surface area contributed by atoms with Gasteiger partial charge in [0.25, 0.3) is 0 Å². The van der Waals surface area contributed by atoms with Crippen molar-refractivity contribution in [2.24, 2.45) is 23.2 Å². The van der Waals surface area contributed by atoms with Gasteiger partial charge in [0.2, 0.25) is 0 Å². The number of carbonyl (C=O) groups is 1. The maximum Gasteiger partial charge on any atom is 0.407 e. The molecule has 2 N–H and O–H groups in total. The topological polar surface area (TPSA) is 58.6 Å². The molecule has 4 saturated carbocycles. The maximum absolute atomic E-state index is 12.8. The average Bonchev–Trinajstić information content (AvgIpc) is 3.09. The lowest BCUT2D eigenvalue weighted by molar-refractivity contribution is -0.0815. The number of fused-ring (bicyclic) bond motifs is 3. The molecule has 4 heteroatoms. The van der Waals surface area contributed by atoms with E-state index in [1.165, 1.54) is 41.5 Å². The van der Waals surface area contributed by atoms with Gasteiger partial charge in [-0.1, -0.05) is 48.5 Å². The number of rotatable bonds is 5. The molecular formula is C27H31NO3. The van der Waals surface area contributed by atoms with E-state index in [-0.39, 0.29) is 24.0 Å². The van der Waals surface area contributed by atoms with Gasteiger partial charge in [0.15, 0.2) is 0 Å². The van der Waals surface area contributed by atoms with Crippen LogP contribution in [0.5, 0.6) is 0 Å². The molecule has 5 aliphatic carbocycles. The molecule has 4 fully saturated rings. The van der Waals surface area contributed by atoms with Crippen molar-refractivity contribution in [1.82, 2.24) is 5.32 Å². The standard InChI is InChI=1S/C27H31NO3/c29-15-25(27-12-17-9-18(13-27)11-19(10-17)14-27)28-26(30)31-16-24-22-7-3-1-5-20(22)21-6-2-4-8-23(21)24/h1-8,17-19,24-25,29H,9-16H2,(H,28,30). The van der Waals surface area contributed by atoms with Crippen LogP contribution in [0.3, 0.4) is 0 Å². The number of aliphatic hydroxyl groups is 1. The maximum atomic E-state index is 12.8. The lowest BCUT2D eigenvalue weighted by Gasteiger charge is -2.59. The minimum absolute atomic E-state index is 0.00362. The van der Waals surface area contributed by atoms with Gasteiger partial charge in [0.1, 0.15) is 6.61 Å². The molecule has 5 aliphatic rings. The summed E-state index contributed by atoms with van der Waals surface area (Å²) in [5, 5.41) is 13.3. The first-order valence-electron chi connectivity index (χ1n) is 11.9. The van der Waals surface area contributed by atoms with Crippen molar-refractivity contribution in [3.05, 3.63) is 59.7 Å². The van der Waals surface area contributed by atoms with Crippen LogP contribution >= 0.6 is 0 Å². The number of nitrogens with one attached hydrogen (secondary N) is 1. The summed E-state index contributed by atoms with van der Waals surface area (Å²) in [5.41, 5.74) is 4.96. The van der Waals surface area contributed by atoms with E-state index in [4.69, 9.17) is 4.74 Å². The Hall–Kier alpha value is -2.33. The second-order valence-electron chi connectivity index (χ2n) is 10.5. The van der Waals surface area contributed by atoms with E-state index in [0.29, 0.717) is 6.61 Å². The Labute approximate surface area is 184 Å². The van der Waals surface area contributed by atoms with Crippen LogP contribution in [-0.4, -0.2) is 30.5 Å². The van der Waals surface area contributed by atoms with E-state index >= 15 is 0 Å². The smallest absolute Gasteiger partial charge is 0.407 e. The molecule has 0 aliphatic heterocycles. The fourth-order valence-corrected chi connectivity index (χ4v) is 7.78. The molecule has 1 atom stereocenters. The zero-order chi connectivity index (χ0) is 21.0. The van der Waals surface area contributed by atoms with Crippen molar-refractivity contribution in [2.45, 2.75) is 50.5 Å². The second kappa shape index (κ2) is 7.37. The summed E-state index contributed by atoms with van der Waals surface area (Å²) in [6, 6.07) is 16.6. The molecule has 0 saturated heterocycles. The first-order chi connectivity index (χ1) is 15.1. The molecule has 0 heterocycles. The molecule has 7 rings (SSSR count). The van der Waals surface area contributed by atoms with Crippen LogP contribution in [-0.2, 0) is 4.74 Å². The number of hydrogen-bond acceptors (Lipinski definition) is 3.